The first-order chi connectivity index (χ1) is 13.0. The van der Waals surface area contributed by atoms with Crippen molar-refractivity contribution in [1.29, 1.82) is 0 Å². The van der Waals surface area contributed by atoms with Crippen LogP contribution in [0.25, 0.3) is 0 Å². The Balaban J connectivity index is 1.65. The number of nitrogens with zero attached hydrogens (tertiary/aromatic N) is 1. The third-order valence-electron chi connectivity index (χ3n) is 5.05. The quantitative estimate of drug-likeness (QED) is 0.799. The van der Waals surface area contributed by atoms with Crippen molar-refractivity contribution in [3.8, 4) is 0 Å². The van der Waals surface area contributed by atoms with Gasteiger partial charge in [-0.1, -0.05) is 49.4 Å². The molecule has 27 heavy (non-hydrogen) atoms. The maximum atomic E-state index is 12.6. The lowest BCUT2D eigenvalue weighted by Gasteiger charge is -2.28. The highest BCUT2D eigenvalue weighted by atomic mass is 16.5. The van der Waals surface area contributed by atoms with E-state index in [2.05, 4.69) is 41.4 Å². The number of ether oxygens (including phenoxy) is 1. The van der Waals surface area contributed by atoms with Crippen LogP contribution in [-0.2, 0) is 22.4 Å². The zero-order chi connectivity index (χ0) is 19.4. The summed E-state index contributed by atoms with van der Waals surface area (Å²) in [5, 5.41) is 2.95. The molecule has 1 heterocycles. The average Bonchev–Trinajstić information content (AvgIpc) is 2.68. The highest BCUT2D eigenvalue weighted by Gasteiger charge is 2.31. The maximum absolute atomic E-state index is 12.6. The molecule has 1 N–H and O–H groups in total. The molecule has 1 aliphatic heterocycles. The lowest BCUT2D eigenvalue weighted by molar-refractivity contribution is -0.130. The molecular weight excluding hydrogens is 340 g/mol. The van der Waals surface area contributed by atoms with Crippen molar-refractivity contribution in [2.75, 3.05) is 20.6 Å². The molecule has 2 atom stereocenters. The Bertz CT molecular complexity index is 815. The van der Waals surface area contributed by atoms with Gasteiger partial charge in [0, 0.05) is 13.0 Å². The molecule has 2 aromatic carbocycles. The third kappa shape index (κ3) is 4.37. The van der Waals surface area contributed by atoms with E-state index in [-0.39, 0.29) is 11.9 Å². The zero-order valence-electron chi connectivity index (χ0n) is 16.1. The molecule has 2 unspecified atom stereocenters. The van der Waals surface area contributed by atoms with Crippen molar-refractivity contribution >= 4 is 11.9 Å². The predicted octanol–water partition coefficient (Wildman–Crippen LogP) is 2.75. The van der Waals surface area contributed by atoms with Gasteiger partial charge in [0.2, 0.25) is 0 Å². The second-order valence-corrected chi connectivity index (χ2v) is 7.07. The van der Waals surface area contributed by atoms with Gasteiger partial charge in [-0.3, -0.25) is 4.79 Å². The van der Waals surface area contributed by atoms with E-state index in [1.165, 1.54) is 5.56 Å². The van der Waals surface area contributed by atoms with E-state index in [9.17, 15) is 9.59 Å². The third-order valence-corrected chi connectivity index (χ3v) is 5.05. The van der Waals surface area contributed by atoms with Crippen molar-refractivity contribution < 1.29 is 14.3 Å². The monoisotopic (exact) mass is 366 g/mol. The number of hydrogen-bond donors (Lipinski definition) is 1. The smallest absolute Gasteiger partial charge is 0.339 e. The fourth-order valence-corrected chi connectivity index (χ4v) is 3.36. The van der Waals surface area contributed by atoms with Gasteiger partial charge in [-0.25, -0.2) is 4.79 Å². The average molecular weight is 366 g/mol. The number of amides is 1. The van der Waals surface area contributed by atoms with E-state index in [4.69, 9.17) is 4.74 Å². The van der Waals surface area contributed by atoms with Crippen LogP contribution in [0, 0.1) is 0 Å². The summed E-state index contributed by atoms with van der Waals surface area (Å²) in [7, 11) is 3.98. The molecular formula is C22H26N2O3. The van der Waals surface area contributed by atoms with Crippen LogP contribution in [0.1, 0.15) is 40.0 Å². The van der Waals surface area contributed by atoms with Gasteiger partial charge in [-0.2, -0.15) is 0 Å². The summed E-state index contributed by atoms with van der Waals surface area (Å²) in [6, 6.07) is 15.8. The summed E-state index contributed by atoms with van der Waals surface area (Å²) in [6.07, 6.45) is 0.627. The zero-order valence-corrected chi connectivity index (χ0v) is 16.1. The van der Waals surface area contributed by atoms with Crippen molar-refractivity contribution in [2.24, 2.45) is 0 Å². The molecule has 5 nitrogen and oxygen atoms in total. The minimum absolute atomic E-state index is 0.0476. The Labute approximate surface area is 160 Å². The van der Waals surface area contributed by atoms with E-state index in [1.807, 2.05) is 26.2 Å². The highest BCUT2D eigenvalue weighted by Crippen LogP contribution is 2.22. The molecule has 2 aromatic rings. The molecule has 0 saturated heterocycles. The summed E-state index contributed by atoms with van der Waals surface area (Å²) in [5.41, 5.74) is 3.83. The minimum Gasteiger partial charge on any atom is -0.448 e. The standard InChI is InChI=1S/C22H26N2O3/c1-4-15-9-11-16(12-10-15)19(24(2)3)14-23-21(25)20-13-17-7-5-6-8-18(17)22(26)27-20/h5-12,19-20H,4,13-14H2,1-3H3,(H,23,25). The predicted molar refractivity (Wildman–Crippen MR) is 105 cm³/mol. The molecule has 0 aromatic heterocycles. The van der Waals surface area contributed by atoms with Gasteiger partial charge in [-0.05, 0) is 43.3 Å². The van der Waals surface area contributed by atoms with Gasteiger partial charge in [0.15, 0.2) is 6.10 Å². The van der Waals surface area contributed by atoms with Gasteiger partial charge in [0.05, 0.1) is 11.6 Å². The summed E-state index contributed by atoms with van der Waals surface area (Å²) >= 11 is 0. The van der Waals surface area contributed by atoms with E-state index in [0.29, 0.717) is 18.5 Å². The number of benzene rings is 2. The first-order valence-electron chi connectivity index (χ1n) is 9.31. The first kappa shape index (κ1) is 19.1. The van der Waals surface area contributed by atoms with Crippen molar-refractivity contribution in [1.82, 2.24) is 10.2 Å². The van der Waals surface area contributed by atoms with Crippen molar-refractivity contribution in [2.45, 2.75) is 31.9 Å². The van der Waals surface area contributed by atoms with Crippen LogP contribution in [0.2, 0.25) is 0 Å². The largest absolute Gasteiger partial charge is 0.448 e. The Morgan fingerprint density at radius 2 is 1.89 bits per heavy atom. The van der Waals surface area contributed by atoms with E-state index in [0.717, 1.165) is 17.5 Å². The number of rotatable bonds is 6. The van der Waals surface area contributed by atoms with Crippen LogP contribution < -0.4 is 5.32 Å². The van der Waals surface area contributed by atoms with Gasteiger partial charge in [0.1, 0.15) is 0 Å². The molecule has 0 bridgehead atoms. The van der Waals surface area contributed by atoms with E-state index in [1.54, 1.807) is 12.1 Å². The number of carbonyl (C=O) groups excluding carboxylic acids is 2. The lowest BCUT2D eigenvalue weighted by Crippen LogP contribution is -2.44. The second-order valence-electron chi connectivity index (χ2n) is 7.07. The van der Waals surface area contributed by atoms with Crippen LogP contribution in [0.3, 0.4) is 0 Å². The lowest BCUT2D eigenvalue weighted by atomic mass is 9.98. The SMILES string of the molecule is CCc1ccc(C(CNC(=O)C2Cc3ccccc3C(=O)O2)N(C)C)cc1. The molecule has 0 saturated carbocycles. The number of nitrogens with one attached hydrogen (secondary N) is 1. The topological polar surface area (TPSA) is 58.6 Å². The fraction of sp³-hybridized carbons (Fsp3) is 0.364. The summed E-state index contributed by atoms with van der Waals surface area (Å²) in [6.45, 7) is 2.58. The first-order valence-corrected chi connectivity index (χ1v) is 9.31. The minimum atomic E-state index is -0.780. The van der Waals surface area contributed by atoms with Gasteiger partial charge in [-0.15, -0.1) is 0 Å². The number of aryl methyl sites for hydroxylation is 1. The normalized spacial score (nSPS) is 17.2. The van der Waals surface area contributed by atoms with Crippen LogP contribution in [0.5, 0.6) is 0 Å². The van der Waals surface area contributed by atoms with Gasteiger partial charge >= 0.3 is 5.97 Å². The second kappa shape index (κ2) is 8.35. The van der Waals surface area contributed by atoms with Crippen LogP contribution in [0.4, 0.5) is 0 Å². The van der Waals surface area contributed by atoms with Crippen LogP contribution in [-0.4, -0.2) is 43.5 Å². The highest BCUT2D eigenvalue weighted by molar-refractivity contribution is 5.95. The number of likely N-dealkylation sites (N-methyl/N-ethyl adjacent to an activating group) is 1. The maximum Gasteiger partial charge on any atom is 0.339 e. The molecule has 1 amide bonds. The molecule has 5 heteroatoms. The van der Waals surface area contributed by atoms with Crippen LogP contribution >= 0.6 is 0 Å². The molecule has 1 aliphatic rings. The Kier molecular flexibility index (Phi) is 5.91. The number of hydrogen-bond acceptors (Lipinski definition) is 4. The summed E-state index contributed by atoms with van der Waals surface area (Å²) in [5.74, 6) is -0.689. The summed E-state index contributed by atoms with van der Waals surface area (Å²) in [4.78, 5) is 26.8. The van der Waals surface area contributed by atoms with Crippen molar-refractivity contribution in [3.05, 3.63) is 70.8 Å². The Morgan fingerprint density at radius 1 is 1.19 bits per heavy atom. The summed E-state index contributed by atoms with van der Waals surface area (Å²) < 4.78 is 5.34. The molecule has 0 fully saturated rings. The van der Waals surface area contributed by atoms with Gasteiger partial charge in [0.25, 0.3) is 5.91 Å². The Morgan fingerprint density at radius 3 is 2.56 bits per heavy atom. The van der Waals surface area contributed by atoms with Gasteiger partial charge < -0.3 is 15.0 Å². The molecule has 0 spiro atoms. The van der Waals surface area contributed by atoms with Crippen LogP contribution in [0.15, 0.2) is 48.5 Å². The molecule has 142 valence electrons. The molecule has 0 aliphatic carbocycles. The number of cyclic esters (lactones) is 1. The molecule has 3 rings (SSSR count). The number of fused-ring (bicyclic) bond motifs is 1. The fourth-order valence-electron chi connectivity index (χ4n) is 3.36. The van der Waals surface area contributed by atoms with Crippen molar-refractivity contribution in [3.63, 3.8) is 0 Å². The number of esters is 1. The van der Waals surface area contributed by atoms with E-state index >= 15 is 0 Å². The van der Waals surface area contributed by atoms with E-state index < -0.39 is 12.1 Å². The Hall–Kier alpha value is -2.66. The molecule has 0 radical (unpaired) electrons. The number of carbonyl (C=O) groups is 2.